The number of rotatable bonds is 3. The minimum absolute atomic E-state index is 0.140. The second-order valence-corrected chi connectivity index (χ2v) is 5.54. The Balaban J connectivity index is 2.03. The number of benzene rings is 1. The third-order valence-electron chi connectivity index (χ3n) is 3.78. The zero-order valence-corrected chi connectivity index (χ0v) is 12.5. The average molecular weight is 321 g/mol. The highest BCUT2D eigenvalue weighted by molar-refractivity contribution is 6.30. The second kappa shape index (κ2) is 6.02. The molecule has 0 spiro atoms. The molecule has 1 aliphatic rings. The Morgan fingerprint density at radius 2 is 2.18 bits per heavy atom. The Morgan fingerprint density at radius 3 is 2.95 bits per heavy atom. The zero-order valence-electron chi connectivity index (χ0n) is 11.7. The van der Waals surface area contributed by atoms with Gasteiger partial charge in [0, 0.05) is 35.7 Å². The van der Waals surface area contributed by atoms with Gasteiger partial charge in [0.2, 0.25) is 0 Å². The van der Waals surface area contributed by atoms with Gasteiger partial charge in [-0.05, 0) is 30.2 Å². The monoisotopic (exact) mass is 320 g/mol. The van der Waals surface area contributed by atoms with Crippen molar-refractivity contribution >= 4 is 23.2 Å². The highest BCUT2D eigenvalue weighted by atomic mass is 35.5. The summed E-state index contributed by atoms with van der Waals surface area (Å²) in [5, 5.41) is 9.71. The van der Waals surface area contributed by atoms with Gasteiger partial charge in [-0.15, -0.1) is 0 Å². The first-order valence-electron chi connectivity index (χ1n) is 6.95. The molecule has 0 saturated carbocycles. The van der Waals surface area contributed by atoms with Crippen LogP contribution in [0.1, 0.15) is 21.5 Å². The molecule has 22 heavy (non-hydrogen) atoms. The zero-order chi connectivity index (χ0) is 15.7. The van der Waals surface area contributed by atoms with E-state index in [0.717, 1.165) is 11.8 Å². The molecular weight excluding hydrogens is 307 g/mol. The SMILES string of the molecule is O=C1c2ccc(Cl)cc2CCN1c1cncc(F)c1CCO. The molecule has 2 aromatic rings. The molecule has 3 rings (SSSR count). The predicted molar refractivity (Wildman–Crippen MR) is 81.8 cm³/mol. The summed E-state index contributed by atoms with van der Waals surface area (Å²) in [6, 6.07) is 5.13. The van der Waals surface area contributed by atoms with E-state index in [0.29, 0.717) is 34.8 Å². The fourth-order valence-corrected chi connectivity index (χ4v) is 2.92. The van der Waals surface area contributed by atoms with Crippen molar-refractivity contribution in [1.29, 1.82) is 0 Å². The van der Waals surface area contributed by atoms with E-state index in [1.165, 1.54) is 11.1 Å². The smallest absolute Gasteiger partial charge is 0.258 e. The van der Waals surface area contributed by atoms with E-state index < -0.39 is 5.82 Å². The van der Waals surface area contributed by atoms with E-state index >= 15 is 0 Å². The number of fused-ring (bicyclic) bond motifs is 1. The topological polar surface area (TPSA) is 53.4 Å². The fraction of sp³-hybridized carbons (Fsp3) is 0.250. The molecule has 1 amide bonds. The summed E-state index contributed by atoms with van der Waals surface area (Å²) in [7, 11) is 0. The van der Waals surface area contributed by atoms with Gasteiger partial charge in [0.25, 0.3) is 5.91 Å². The summed E-state index contributed by atoms with van der Waals surface area (Å²) < 4.78 is 13.9. The minimum atomic E-state index is -0.513. The van der Waals surface area contributed by atoms with Crippen molar-refractivity contribution < 1.29 is 14.3 Å². The molecule has 4 nitrogen and oxygen atoms in total. The number of anilines is 1. The van der Waals surface area contributed by atoms with E-state index in [-0.39, 0.29) is 18.9 Å². The number of aliphatic hydroxyl groups excluding tert-OH is 1. The van der Waals surface area contributed by atoms with Gasteiger partial charge in [-0.3, -0.25) is 9.78 Å². The molecule has 1 aliphatic heterocycles. The number of aromatic nitrogens is 1. The molecule has 0 atom stereocenters. The Morgan fingerprint density at radius 1 is 1.36 bits per heavy atom. The molecule has 0 aliphatic carbocycles. The Labute approximate surface area is 132 Å². The first kappa shape index (κ1) is 14.9. The van der Waals surface area contributed by atoms with Crippen LogP contribution in [0.25, 0.3) is 0 Å². The fourth-order valence-electron chi connectivity index (χ4n) is 2.73. The molecule has 1 aromatic carbocycles. The highest BCUT2D eigenvalue weighted by Crippen LogP contribution is 2.29. The Hall–Kier alpha value is -1.98. The van der Waals surface area contributed by atoms with E-state index in [9.17, 15) is 9.18 Å². The maximum Gasteiger partial charge on any atom is 0.258 e. The van der Waals surface area contributed by atoms with Crippen molar-refractivity contribution in [3.8, 4) is 0 Å². The van der Waals surface area contributed by atoms with Crippen molar-refractivity contribution in [2.24, 2.45) is 0 Å². The summed E-state index contributed by atoms with van der Waals surface area (Å²) in [4.78, 5) is 18.0. The number of carbonyl (C=O) groups is 1. The van der Waals surface area contributed by atoms with Gasteiger partial charge in [0.15, 0.2) is 0 Å². The van der Waals surface area contributed by atoms with Gasteiger partial charge in [0.1, 0.15) is 5.82 Å². The van der Waals surface area contributed by atoms with E-state index in [1.807, 2.05) is 0 Å². The lowest BCUT2D eigenvalue weighted by molar-refractivity contribution is 0.0980. The maximum absolute atomic E-state index is 13.9. The molecule has 1 aromatic heterocycles. The Kier molecular flexibility index (Phi) is 4.09. The number of halogens is 2. The summed E-state index contributed by atoms with van der Waals surface area (Å²) in [5.74, 6) is -0.717. The lowest BCUT2D eigenvalue weighted by Gasteiger charge is -2.30. The van der Waals surface area contributed by atoms with Crippen LogP contribution in [-0.4, -0.2) is 29.1 Å². The summed E-state index contributed by atoms with van der Waals surface area (Å²) in [6.07, 6.45) is 3.33. The van der Waals surface area contributed by atoms with Crippen molar-refractivity contribution in [2.75, 3.05) is 18.1 Å². The molecule has 0 bridgehead atoms. The average Bonchev–Trinajstić information content (AvgIpc) is 2.50. The Bertz CT molecular complexity index is 736. The number of pyridine rings is 1. The molecule has 114 valence electrons. The molecule has 6 heteroatoms. The summed E-state index contributed by atoms with van der Waals surface area (Å²) in [6.45, 7) is 0.234. The molecule has 0 radical (unpaired) electrons. The minimum Gasteiger partial charge on any atom is -0.396 e. The van der Waals surface area contributed by atoms with E-state index in [4.69, 9.17) is 16.7 Å². The maximum atomic E-state index is 13.9. The quantitative estimate of drug-likeness (QED) is 0.946. The molecule has 2 heterocycles. The first-order valence-corrected chi connectivity index (χ1v) is 7.33. The van der Waals surface area contributed by atoms with Gasteiger partial charge in [0.05, 0.1) is 18.1 Å². The largest absolute Gasteiger partial charge is 0.396 e. The number of amides is 1. The number of carbonyl (C=O) groups excluding carboxylic acids is 1. The van der Waals surface area contributed by atoms with Gasteiger partial charge in [-0.25, -0.2) is 4.39 Å². The molecule has 0 saturated heterocycles. The molecule has 1 N–H and O–H groups in total. The van der Waals surface area contributed by atoms with Crippen molar-refractivity contribution in [2.45, 2.75) is 12.8 Å². The number of hydrogen-bond acceptors (Lipinski definition) is 3. The predicted octanol–water partition coefficient (Wildman–Crippen LogP) is 2.61. The lowest BCUT2D eigenvalue weighted by atomic mass is 9.98. The molecule has 0 fully saturated rings. The van der Waals surface area contributed by atoms with E-state index in [2.05, 4.69) is 4.98 Å². The van der Waals surface area contributed by atoms with Crippen molar-refractivity contribution in [3.05, 3.63) is 58.1 Å². The number of nitrogens with zero attached hydrogens (tertiary/aromatic N) is 2. The lowest BCUT2D eigenvalue weighted by Crippen LogP contribution is -2.38. The van der Waals surface area contributed by atoms with Crippen LogP contribution in [-0.2, 0) is 12.8 Å². The van der Waals surface area contributed by atoms with Crippen LogP contribution in [0.5, 0.6) is 0 Å². The van der Waals surface area contributed by atoms with Crippen LogP contribution in [0.15, 0.2) is 30.6 Å². The van der Waals surface area contributed by atoms with E-state index in [1.54, 1.807) is 18.2 Å². The van der Waals surface area contributed by atoms with Crippen LogP contribution in [0.2, 0.25) is 5.02 Å². The molecular formula is C16H14ClFN2O2. The van der Waals surface area contributed by atoms with Gasteiger partial charge in [-0.1, -0.05) is 11.6 Å². The standard InChI is InChI=1S/C16H14ClFN2O2/c17-11-1-2-12-10(7-11)3-5-20(16(12)22)15-9-19-8-14(18)13(15)4-6-21/h1-2,7-9,21H,3-6H2. The van der Waals surface area contributed by atoms with Crippen LogP contribution >= 0.6 is 11.6 Å². The van der Waals surface area contributed by atoms with Gasteiger partial charge >= 0.3 is 0 Å². The number of aliphatic hydroxyl groups is 1. The normalized spacial score (nSPS) is 14.1. The third-order valence-corrected chi connectivity index (χ3v) is 4.02. The molecule has 0 unspecified atom stereocenters. The van der Waals surface area contributed by atoms with Gasteiger partial charge in [-0.2, -0.15) is 0 Å². The summed E-state index contributed by atoms with van der Waals surface area (Å²) in [5.41, 5.74) is 2.18. The summed E-state index contributed by atoms with van der Waals surface area (Å²) >= 11 is 5.95. The van der Waals surface area contributed by atoms with Crippen LogP contribution in [0.3, 0.4) is 0 Å². The van der Waals surface area contributed by atoms with Crippen molar-refractivity contribution in [3.63, 3.8) is 0 Å². The van der Waals surface area contributed by atoms with Crippen molar-refractivity contribution in [1.82, 2.24) is 4.98 Å². The van der Waals surface area contributed by atoms with Crippen LogP contribution < -0.4 is 4.90 Å². The highest BCUT2D eigenvalue weighted by Gasteiger charge is 2.28. The van der Waals surface area contributed by atoms with Crippen LogP contribution in [0, 0.1) is 5.82 Å². The second-order valence-electron chi connectivity index (χ2n) is 5.10. The van der Waals surface area contributed by atoms with Gasteiger partial charge < -0.3 is 10.0 Å². The third kappa shape index (κ3) is 2.58. The number of hydrogen-bond donors (Lipinski definition) is 1. The first-order chi connectivity index (χ1) is 10.6. The van der Waals surface area contributed by atoms with Crippen LogP contribution in [0.4, 0.5) is 10.1 Å².